The minimum Gasteiger partial charge on any atom is -0.463 e. The largest absolute Gasteiger partial charge is 0.463 e. The molecule has 0 unspecified atom stereocenters. The van der Waals surface area contributed by atoms with Crippen molar-refractivity contribution in [3.8, 4) is 0 Å². The third-order valence-electron chi connectivity index (χ3n) is 5.98. The zero-order valence-corrected chi connectivity index (χ0v) is 21.3. The summed E-state index contributed by atoms with van der Waals surface area (Å²) < 4.78 is 15.9. The molecular weight excluding hydrogens is 454 g/mol. The van der Waals surface area contributed by atoms with Crippen LogP contribution >= 0.6 is 0 Å². The summed E-state index contributed by atoms with van der Waals surface area (Å²) in [5, 5.41) is 11.9. The summed E-state index contributed by atoms with van der Waals surface area (Å²) in [7, 11) is 3.59. The van der Waals surface area contributed by atoms with E-state index in [1.807, 2.05) is 11.9 Å². The molecule has 1 aliphatic heterocycles. The number of nitro benzene ring substituents is 1. The maximum Gasteiger partial charge on any atom is 0.336 e. The second kappa shape index (κ2) is 13.0. The van der Waals surface area contributed by atoms with Gasteiger partial charge in [-0.05, 0) is 34.7 Å². The van der Waals surface area contributed by atoms with E-state index >= 15 is 0 Å². The number of hydrogen-bond donors (Lipinski definition) is 0. The van der Waals surface area contributed by atoms with Gasteiger partial charge in [-0.15, -0.1) is 0 Å². The molecule has 0 aliphatic carbocycles. The van der Waals surface area contributed by atoms with Crippen LogP contribution in [0.15, 0.2) is 46.8 Å². The van der Waals surface area contributed by atoms with Crippen molar-refractivity contribution in [2.24, 2.45) is 0 Å². The van der Waals surface area contributed by atoms with Crippen LogP contribution in [0, 0.1) is 10.1 Å². The summed E-state index contributed by atoms with van der Waals surface area (Å²) in [5.74, 6) is -2.25. The maximum absolute atomic E-state index is 13.3. The Morgan fingerprint density at radius 3 is 2.06 bits per heavy atom. The van der Waals surface area contributed by atoms with Crippen LogP contribution in [0.1, 0.15) is 39.2 Å². The molecule has 192 valence electrons. The van der Waals surface area contributed by atoms with Gasteiger partial charge in [-0.3, -0.25) is 10.1 Å². The number of benzene rings is 1. The summed E-state index contributed by atoms with van der Waals surface area (Å²) in [6.45, 7) is 9.55. The Balaban J connectivity index is 2.72. The van der Waals surface area contributed by atoms with Crippen LogP contribution in [0.4, 0.5) is 5.69 Å². The van der Waals surface area contributed by atoms with Crippen LogP contribution in [0.2, 0.25) is 0 Å². The number of rotatable bonds is 12. The van der Waals surface area contributed by atoms with Gasteiger partial charge >= 0.3 is 11.9 Å². The quantitative estimate of drug-likeness (QED) is 0.248. The standard InChI is InChI=1S/C25H35N3O7/c1-7-34-24(29)21-17(3)27(14-13-26(5)15-16-33-6)18(4)22(25(30)35-8-2)23(21)19-11-9-10-12-20(19)28(31)32/h9-12,23H,7-8,13-16H2,1-6H3. The molecule has 0 fully saturated rings. The molecule has 0 N–H and O–H groups in total. The Hall–Kier alpha value is -3.24. The molecule has 1 aliphatic rings. The predicted molar refractivity (Wildman–Crippen MR) is 131 cm³/mol. The van der Waals surface area contributed by atoms with Gasteiger partial charge in [0.2, 0.25) is 0 Å². The number of likely N-dealkylation sites (N-methyl/N-ethyl adjacent to an activating group) is 1. The highest BCUT2D eigenvalue weighted by Gasteiger charge is 2.42. The third kappa shape index (κ3) is 6.46. The van der Waals surface area contributed by atoms with Crippen LogP contribution in [0.5, 0.6) is 0 Å². The predicted octanol–water partition coefficient (Wildman–Crippen LogP) is 3.25. The molecule has 0 atom stereocenters. The summed E-state index contributed by atoms with van der Waals surface area (Å²) in [6, 6.07) is 6.13. The van der Waals surface area contributed by atoms with Gasteiger partial charge in [0, 0.05) is 49.8 Å². The summed E-state index contributed by atoms with van der Waals surface area (Å²) >= 11 is 0. The maximum atomic E-state index is 13.3. The Kier molecular flexibility index (Phi) is 10.4. The van der Waals surface area contributed by atoms with Crippen LogP contribution in [-0.4, -0.2) is 80.3 Å². The highest BCUT2D eigenvalue weighted by molar-refractivity contribution is 6.00. The Morgan fingerprint density at radius 1 is 1.03 bits per heavy atom. The molecule has 0 radical (unpaired) electrons. The van der Waals surface area contributed by atoms with E-state index < -0.39 is 22.8 Å². The molecule has 0 spiro atoms. The van der Waals surface area contributed by atoms with Gasteiger partial charge in [-0.1, -0.05) is 18.2 Å². The van der Waals surface area contributed by atoms with Crippen molar-refractivity contribution in [3.63, 3.8) is 0 Å². The Labute approximate surface area is 206 Å². The molecule has 0 saturated carbocycles. The average Bonchev–Trinajstić information content (AvgIpc) is 2.82. The highest BCUT2D eigenvalue weighted by atomic mass is 16.6. The minimum atomic E-state index is -1.00. The van der Waals surface area contributed by atoms with Crippen molar-refractivity contribution in [3.05, 3.63) is 62.5 Å². The van der Waals surface area contributed by atoms with E-state index in [1.54, 1.807) is 53.0 Å². The van der Waals surface area contributed by atoms with E-state index in [0.717, 1.165) is 0 Å². The first-order valence-electron chi connectivity index (χ1n) is 11.6. The first kappa shape index (κ1) is 28.0. The lowest BCUT2D eigenvalue weighted by Gasteiger charge is -2.38. The van der Waals surface area contributed by atoms with E-state index in [9.17, 15) is 19.7 Å². The molecule has 10 nitrogen and oxygen atoms in total. The number of methoxy groups -OCH3 is 1. The van der Waals surface area contributed by atoms with Crippen molar-refractivity contribution < 1.29 is 28.7 Å². The van der Waals surface area contributed by atoms with E-state index in [-0.39, 0.29) is 35.6 Å². The van der Waals surface area contributed by atoms with Gasteiger partial charge in [0.1, 0.15) is 0 Å². The molecular formula is C25H35N3O7. The van der Waals surface area contributed by atoms with Gasteiger partial charge < -0.3 is 24.0 Å². The monoisotopic (exact) mass is 489 g/mol. The van der Waals surface area contributed by atoms with Crippen LogP contribution in [0.25, 0.3) is 0 Å². The van der Waals surface area contributed by atoms with E-state index in [4.69, 9.17) is 14.2 Å². The van der Waals surface area contributed by atoms with Gasteiger partial charge in [0.15, 0.2) is 0 Å². The van der Waals surface area contributed by atoms with Crippen molar-refractivity contribution >= 4 is 17.6 Å². The van der Waals surface area contributed by atoms with Crippen molar-refractivity contribution in [2.75, 3.05) is 53.6 Å². The second-order valence-corrected chi connectivity index (χ2v) is 8.14. The van der Waals surface area contributed by atoms with E-state index in [0.29, 0.717) is 37.6 Å². The number of carbonyl (C=O) groups is 2. The van der Waals surface area contributed by atoms with Crippen LogP contribution in [0.3, 0.4) is 0 Å². The average molecular weight is 490 g/mol. The summed E-state index contributed by atoms with van der Waals surface area (Å²) in [4.78, 5) is 41.8. The van der Waals surface area contributed by atoms with Crippen LogP contribution in [-0.2, 0) is 23.8 Å². The molecule has 35 heavy (non-hydrogen) atoms. The third-order valence-corrected chi connectivity index (χ3v) is 5.98. The number of hydrogen-bond acceptors (Lipinski definition) is 9. The van der Waals surface area contributed by atoms with Gasteiger partial charge in [0.05, 0.1) is 41.8 Å². The number of carbonyl (C=O) groups excluding carboxylic acids is 2. The minimum absolute atomic E-state index is 0.121. The van der Waals surface area contributed by atoms with Gasteiger partial charge in [-0.25, -0.2) is 9.59 Å². The lowest BCUT2D eigenvalue weighted by Crippen LogP contribution is -2.39. The Bertz CT molecular complexity index is 961. The molecule has 0 aromatic heterocycles. The molecule has 1 heterocycles. The fraction of sp³-hybridized carbons (Fsp3) is 0.520. The first-order chi connectivity index (χ1) is 16.7. The van der Waals surface area contributed by atoms with Crippen LogP contribution < -0.4 is 0 Å². The summed E-state index contributed by atoms with van der Waals surface area (Å²) in [6.07, 6.45) is 0. The molecule has 2 rings (SSSR count). The molecule has 0 saturated heterocycles. The molecule has 1 aromatic carbocycles. The van der Waals surface area contributed by atoms with E-state index in [2.05, 4.69) is 4.90 Å². The number of allylic oxidation sites excluding steroid dienone is 2. The highest BCUT2D eigenvalue weighted by Crippen LogP contribution is 2.45. The van der Waals surface area contributed by atoms with Gasteiger partial charge in [-0.2, -0.15) is 0 Å². The fourth-order valence-electron chi connectivity index (χ4n) is 4.23. The lowest BCUT2D eigenvalue weighted by atomic mass is 9.79. The van der Waals surface area contributed by atoms with E-state index in [1.165, 1.54) is 6.07 Å². The van der Waals surface area contributed by atoms with Gasteiger partial charge in [0.25, 0.3) is 5.69 Å². The lowest BCUT2D eigenvalue weighted by molar-refractivity contribution is -0.385. The van der Waals surface area contributed by atoms with Crippen molar-refractivity contribution in [1.82, 2.24) is 9.80 Å². The number of para-hydroxylation sites is 1. The van der Waals surface area contributed by atoms with Crippen molar-refractivity contribution in [2.45, 2.75) is 33.6 Å². The zero-order valence-electron chi connectivity index (χ0n) is 21.3. The number of ether oxygens (including phenoxy) is 3. The molecule has 0 bridgehead atoms. The smallest absolute Gasteiger partial charge is 0.336 e. The van der Waals surface area contributed by atoms with Crippen molar-refractivity contribution in [1.29, 1.82) is 0 Å². The Morgan fingerprint density at radius 2 is 1.57 bits per heavy atom. The fourth-order valence-corrected chi connectivity index (χ4v) is 4.23. The second-order valence-electron chi connectivity index (χ2n) is 8.14. The molecule has 0 amide bonds. The molecule has 10 heteroatoms. The molecule has 1 aromatic rings. The topological polar surface area (TPSA) is 111 Å². The zero-order chi connectivity index (χ0) is 26.1. The first-order valence-corrected chi connectivity index (χ1v) is 11.6. The normalized spacial score (nSPS) is 14.5. The number of nitro groups is 1. The number of nitrogens with zero attached hydrogens (tertiary/aromatic N) is 3. The number of esters is 2. The summed E-state index contributed by atoms with van der Waals surface area (Å²) in [5.41, 5.74) is 1.59. The SMILES string of the molecule is CCOC(=O)C1=C(C)N(CCN(C)CCOC)C(C)=C(C(=O)OCC)C1c1ccccc1[N+](=O)[O-].